The Balaban J connectivity index is 1.62. The first-order chi connectivity index (χ1) is 12.3. The van der Waals surface area contributed by atoms with Crippen LogP contribution in [0.4, 0.5) is 0 Å². The monoisotopic (exact) mass is 354 g/mol. The summed E-state index contributed by atoms with van der Waals surface area (Å²) in [5, 5.41) is 2.72. The predicted molar refractivity (Wildman–Crippen MR) is 112 cm³/mol. The summed E-state index contributed by atoms with van der Waals surface area (Å²) in [6.07, 6.45) is 0. The molecule has 25 heavy (non-hydrogen) atoms. The molecule has 0 aliphatic heterocycles. The molecule has 0 amide bonds. The van der Waals surface area contributed by atoms with E-state index in [0.29, 0.717) is 0 Å². The first kappa shape index (κ1) is 14.7. The largest absolute Gasteiger partial charge is 0.134 e. The van der Waals surface area contributed by atoms with Crippen molar-refractivity contribution >= 4 is 52.2 Å². The summed E-state index contributed by atoms with van der Waals surface area (Å²) in [6.45, 7) is 2.09. The van der Waals surface area contributed by atoms with E-state index in [4.69, 9.17) is 0 Å². The van der Waals surface area contributed by atoms with Crippen molar-refractivity contribution < 1.29 is 0 Å². The Bertz CT molecular complexity index is 1290. The second-order valence-corrected chi connectivity index (χ2v) is 8.29. The zero-order valence-electron chi connectivity index (χ0n) is 13.7. The minimum Gasteiger partial charge on any atom is -0.134 e. The number of hydrogen-bond donors (Lipinski definition) is 0. The summed E-state index contributed by atoms with van der Waals surface area (Å²) in [6, 6.07) is 23.6. The number of hydrogen-bond acceptors (Lipinski definition) is 2. The van der Waals surface area contributed by atoms with Gasteiger partial charge in [0.2, 0.25) is 0 Å². The van der Waals surface area contributed by atoms with Crippen LogP contribution >= 0.6 is 22.7 Å². The standard InChI is InChI=1S/C23H14S2/c1-15-6-8-16(9-7-15)10-11-17-12-13-19-21(14-17)25-22-18-4-2-3-5-20(18)24-23(19)22/h2-9,12-14H,1H3. The molecule has 2 aromatic heterocycles. The summed E-state index contributed by atoms with van der Waals surface area (Å²) in [5.74, 6) is 6.57. The second-order valence-electron chi connectivity index (χ2n) is 6.19. The van der Waals surface area contributed by atoms with Crippen LogP contribution in [0.5, 0.6) is 0 Å². The van der Waals surface area contributed by atoms with Gasteiger partial charge >= 0.3 is 0 Å². The summed E-state index contributed by atoms with van der Waals surface area (Å²) in [4.78, 5) is 0. The molecule has 0 aliphatic carbocycles. The Morgan fingerprint density at radius 1 is 0.640 bits per heavy atom. The van der Waals surface area contributed by atoms with Crippen LogP contribution in [-0.4, -0.2) is 0 Å². The third-order valence-electron chi connectivity index (χ3n) is 4.39. The third-order valence-corrected chi connectivity index (χ3v) is 6.91. The van der Waals surface area contributed by atoms with Crippen LogP contribution in [-0.2, 0) is 0 Å². The molecular formula is C23H14S2. The lowest BCUT2D eigenvalue weighted by Gasteiger charge is -1.94. The number of thiophene rings is 2. The topological polar surface area (TPSA) is 0 Å². The van der Waals surface area contributed by atoms with Crippen molar-refractivity contribution in [2.24, 2.45) is 0 Å². The molecule has 0 N–H and O–H groups in total. The molecule has 0 spiro atoms. The number of aryl methyl sites for hydroxylation is 1. The Kier molecular flexibility index (Phi) is 3.38. The number of rotatable bonds is 0. The Labute approximate surface area is 154 Å². The Morgan fingerprint density at radius 3 is 2.12 bits per heavy atom. The van der Waals surface area contributed by atoms with E-state index in [1.54, 1.807) is 0 Å². The average molecular weight is 354 g/mol. The van der Waals surface area contributed by atoms with Crippen LogP contribution in [0.15, 0.2) is 66.7 Å². The van der Waals surface area contributed by atoms with E-state index >= 15 is 0 Å². The van der Waals surface area contributed by atoms with E-state index in [2.05, 4.69) is 85.5 Å². The minimum atomic E-state index is 1.06. The van der Waals surface area contributed by atoms with Gasteiger partial charge < -0.3 is 0 Å². The lowest BCUT2D eigenvalue weighted by Crippen LogP contribution is -1.77. The van der Waals surface area contributed by atoms with Gasteiger partial charge in [-0.05, 0) is 37.3 Å². The zero-order valence-corrected chi connectivity index (χ0v) is 15.3. The molecule has 0 unspecified atom stereocenters. The van der Waals surface area contributed by atoms with Crippen molar-refractivity contribution in [3.8, 4) is 11.8 Å². The second kappa shape index (κ2) is 5.74. The molecule has 0 bridgehead atoms. The summed E-state index contributed by atoms with van der Waals surface area (Å²) in [7, 11) is 0. The summed E-state index contributed by atoms with van der Waals surface area (Å²) >= 11 is 3.77. The normalized spacial score (nSPS) is 11.1. The summed E-state index contributed by atoms with van der Waals surface area (Å²) < 4.78 is 5.50. The minimum absolute atomic E-state index is 1.06. The Morgan fingerprint density at radius 2 is 1.28 bits per heavy atom. The molecule has 3 aromatic carbocycles. The predicted octanol–water partition coefficient (Wildman–Crippen LogP) is 6.98. The first-order valence-electron chi connectivity index (χ1n) is 8.20. The summed E-state index contributed by atoms with van der Waals surface area (Å²) in [5.41, 5.74) is 3.40. The van der Waals surface area contributed by atoms with Crippen molar-refractivity contribution in [1.29, 1.82) is 0 Å². The highest BCUT2D eigenvalue weighted by atomic mass is 32.1. The van der Waals surface area contributed by atoms with Gasteiger partial charge in [-0.2, -0.15) is 0 Å². The van der Waals surface area contributed by atoms with E-state index in [1.165, 1.54) is 35.1 Å². The molecule has 0 saturated heterocycles. The van der Waals surface area contributed by atoms with Gasteiger partial charge in [-0.25, -0.2) is 0 Å². The SMILES string of the molecule is Cc1ccc(C#Cc2ccc3c(c2)sc2c4ccccc4sc32)cc1. The van der Waals surface area contributed by atoms with E-state index in [-0.39, 0.29) is 0 Å². The van der Waals surface area contributed by atoms with Gasteiger partial charge in [0.05, 0.1) is 9.40 Å². The highest BCUT2D eigenvalue weighted by Crippen LogP contribution is 2.44. The molecule has 5 aromatic rings. The molecule has 5 rings (SSSR count). The van der Waals surface area contributed by atoms with Gasteiger partial charge in [-0.1, -0.05) is 53.8 Å². The maximum atomic E-state index is 3.31. The fourth-order valence-electron chi connectivity index (χ4n) is 3.06. The molecule has 0 fully saturated rings. The van der Waals surface area contributed by atoms with Crippen LogP contribution in [0.2, 0.25) is 0 Å². The van der Waals surface area contributed by atoms with Crippen molar-refractivity contribution in [2.45, 2.75) is 6.92 Å². The van der Waals surface area contributed by atoms with Crippen molar-refractivity contribution in [2.75, 3.05) is 0 Å². The van der Waals surface area contributed by atoms with Gasteiger partial charge in [0.1, 0.15) is 0 Å². The highest BCUT2D eigenvalue weighted by Gasteiger charge is 2.11. The van der Waals surface area contributed by atoms with Crippen molar-refractivity contribution in [1.82, 2.24) is 0 Å². The molecule has 0 nitrogen and oxygen atoms in total. The molecule has 118 valence electrons. The molecular weight excluding hydrogens is 340 g/mol. The van der Waals surface area contributed by atoms with Gasteiger partial charge in [0, 0.05) is 31.3 Å². The van der Waals surface area contributed by atoms with Crippen molar-refractivity contribution in [3.63, 3.8) is 0 Å². The third kappa shape index (κ3) is 2.53. The van der Waals surface area contributed by atoms with Gasteiger partial charge in [0.25, 0.3) is 0 Å². The quantitative estimate of drug-likeness (QED) is 0.263. The van der Waals surface area contributed by atoms with Crippen molar-refractivity contribution in [3.05, 3.63) is 83.4 Å². The maximum absolute atomic E-state index is 3.31. The highest BCUT2D eigenvalue weighted by molar-refractivity contribution is 7.36. The Hall–Kier alpha value is -2.60. The van der Waals surface area contributed by atoms with Crippen LogP contribution in [0, 0.1) is 18.8 Å². The van der Waals surface area contributed by atoms with Crippen LogP contribution < -0.4 is 0 Å². The van der Waals surface area contributed by atoms with E-state index in [0.717, 1.165) is 11.1 Å². The zero-order chi connectivity index (χ0) is 16.8. The van der Waals surface area contributed by atoms with Gasteiger partial charge in [-0.15, -0.1) is 22.7 Å². The van der Waals surface area contributed by atoms with E-state index < -0.39 is 0 Å². The smallest absolute Gasteiger partial charge is 0.0542 e. The van der Waals surface area contributed by atoms with E-state index in [9.17, 15) is 0 Å². The molecule has 2 heterocycles. The number of fused-ring (bicyclic) bond motifs is 5. The van der Waals surface area contributed by atoms with Gasteiger partial charge in [0.15, 0.2) is 0 Å². The molecule has 0 saturated carbocycles. The maximum Gasteiger partial charge on any atom is 0.0542 e. The average Bonchev–Trinajstić information content (AvgIpc) is 3.17. The fourth-order valence-corrected chi connectivity index (χ4v) is 5.76. The fraction of sp³-hybridized carbons (Fsp3) is 0.0435. The van der Waals surface area contributed by atoms with Crippen LogP contribution in [0.3, 0.4) is 0 Å². The molecule has 0 atom stereocenters. The lowest BCUT2D eigenvalue weighted by molar-refractivity contribution is 1.46. The molecule has 2 heteroatoms. The van der Waals surface area contributed by atoms with Crippen LogP contribution in [0.1, 0.15) is 16.7 Å². The van der Waals surface area contributed by atoms with E-state index in [1.807, 2.05) is 22.7 Å². The lowest BCUT2D eigenvalue weighted by atomic mass is 10.1. The molecule has 0 radical (unpaired) electrons. The molecule has 0 aliphatic rings. The first-order valence-corrected chi connectivity index (χ1v) is 9.84. The van der Waals surface area contributed by atoms with Gasteiger partial charge in [-0.3, -0.25) is 0 Å². The van der Waals surface area contributed by atoms with Crippen LogP contribution in [0.25, 0.3) is 29.6 Å². The number of benzene rings is 3.